The van der Waals surface area contributed by atoms with Gasteiger partial charge < -0.3 is 9.84 Å². The molecule has 2 aliphatic rings. The highest BCUT2D eigenvalue weighted by molar-refractivity contribution is 7.12. The first kappa shape index (κ1) is 19.0. The SMILES string of the molecule is COc1ccc([C@H]2CC(c3cccs3)=NN2C(=O)CN2CCCCC2)cc1O. The number of carbonyl (C=O) groups excluding carboxylic acids is 1. The summed E-state index contributed by atoms with van der Waals surface area (Å²) < 4.78 is 5.15. The molecule has 4 rings (SSSR count). The van der Waals surface area contributed by atoms with E-state index < -0.39 is 0 Å². The van der Waals surface area contributed by atoms with Crippen LogP contribution in [-0.4, -0.2) is 53.4 Å². The fourth-order valence-corrected chi connectivity index (χ4v) is 4.61. The third-order valence-electron chi connectivity index (χ3n) is 5.37. The lowest BCUT2D eigenvalue weighted by molar-refractivity contribution is -0.134. The van der Waals surface area contributed by atoms with E-state index in [2.05, 4.69) is 4.90 Å². The Balaban J connectivity index is 1.60. The molecule has 0 spiro atoms. The largest absolute Gasteiger partial charge is 0.504 e. The maximum atomic E-state index is 13.1. The summed E-state index contributed by atoms with van der Waals surface area (Å²) in [5.74, 6) is 0.508. The molecular weight excluding hydrogens is 374 g/mol. The number of phenols is 1. The molecule has 1 aromatic heterocycles. The van der Waals surface area contributed by atoms with Crippen molar-refractivity contribution < 1.29 is 14.6 Å². The van der Waals surface area contributed by atoms with Crippen LogP contribution in [0.4, 0.5) is 0 Å². The molecule has 1 saturated heterocycles. The van der Waals surface area contributed by atoms with Gasteiger partial charge in [-0.25, -0.2) is 5.01 Å². The number of piperidine rings is 1. The number of rotatable bonds is 5. The minimum absolute atomic E-state index is 0.00811. The second kappa shape index (κ2) is 8.32. The highest BCUT2D eigenvalue weighted by atomic mass is 32.1. The van der Waals surface area contributed by atoms with Gasteiger partial charge in [0, 0.05) is 6.42 Å². The Kier molecular flexibility index (Phi) is 5.64. The Morgan fingerprint density at radius 3 is 2.79 bits per heavy atom. The lowest BCUT2D eigenvalue weighted by Gasteiger charge is -2.29. The predicted molar refractivity (Wildman–Crippen MR) is 110 cm³/mol. The molecule has 2 aromatic rings. The standard InChI is InChI=1S/C21H25N3O3S/c1-27-19-8-7-15(12-18(19)25)17-13-16(20-6-5-11-28-20)22-24(17)21(26)14-23-9-3-2-4-10-23/h5-8,11-12,17,25H,2-4,9-10,13-14H2,1H3/t17-/m1/s1. The third kappa shape index (κ3) is 3.91. The summed E-state index contributed by atoms with van der Waals surface area (Å²) in [6.45, 7) is 2.32. The summed E-state index contributed by atoms with van der Waals surface area (Å²) in [6.07, 6.45) is 4.17. The maximum Gasteiger partial charge on any atom is 0.257 e. The second-order valence-electron chi connectivity index (χ2n) is 7.25. The average Bonchev–Trinajstić information content (AvgIpc) is 3.38. The van der Waals surface area contributed by atoms with E-state index in [1.165, 1.54) is 13.5 Å². The molecule has 0 unspecified atom stereocenters. The van der Waals surface area contributed by atoms with Crippen LogP contribution in [-0.2, 0) is 4.79 Å². The van der Waals surface area contributed by atoms with Crippen molar-refractivity contribution in [1.29, 1.82) is 0 Å². The van der Waals surface area contributed by atoms with E-state index in [-0.39, 0.29) is 17.7 Å². The fourth-order valence-electron chi connectivity index (χ4n) is 3.89. The van der Waals surface area contributed by atoms with Gasteiger partial charge in [-0.05, 0) is 55.1 Å². The number of aromatic hydroxyl groups is 1. The molecule has 2 aliphatic heterocycles. The lowest BCUT2D eigenvalue weighted by Crippen LogP contribution is -2.40. The van der Waals surface area contributed by atoms with Gasteiger partial charge in [-0.2, -0.15) is 5.10 Å². The quantitative estimate of drug-likeness (QED) is 0.834. The van der Waals surface area contributed by atoms with E-state index >= 15 is 0 Å². The van der Waals surface area contributed by atoms with Crippen LogP contribution in [0.3, 0.4) is 0 Å². The van der Waals surface area contributed by atoms with Gasteiger partial charge >= 0.3 is 0 Å². The number of hydrogen-bond acceptors (Lipinski definition) is 6. The topological polar surface area (TPSA) is 65.4 Å². The number of hydrogen-bond donors (Lipinski definition) is 1. The van der Waals surface area contributed by atoms with E-state index in [1.54, 1.807) is 28.5 Å². The molecule has 1 fully saturated rings. The molecule has 0 bridgehead atoms. The molecule has 7 heteroatoms. The van der Waals surface area contributed by atoms with Crippen molar-refractivity contribution in [3.63, 3.8) is 0 Å². The molecule has 148 valence electrons. The van der Waals surface area contributed by atoms with Crippen molar-refractivity contribution in [3.05, 3.63) is 46.2 Å². The average molecular weight is 400 g/mol. The maximum absolute atomic E-state index is 13.1. The Morgan fingerprint density at radius 2 is 2.11 bits per heavy atom. The first-order valence-corrected chi connectivity index (χ1v) is 10.6. The van der Waals surface area contributed by atoms with Crippen molar-refractivity contribution in [2.45, 2.75) is 31.7 Å². The van der Waals surface area contributed by atoms with Crippen molar-refractivity contribution >= 4 is 23.0 Å². The summed E-state index contributed by atoms with van der Waals surface area (Å²) in [7, 11) is 1.52. The number of benzene rings is 1. The van der Waals surface area contributed by atoms with E-state index in [0.717, 1.165) is 42.1 Å². The van der Waals surface area contributed by atoms with E-state index in [9.17, 15) is 9.90 Å². The number of thiophene rings is 1. The predicted octanol–water partition coefficient (Wildman–Crippen LogP) is 3.63. The first-order chi connectivity index (χ1) is 13.7. The zero-order valence-corrected chi connectivity index (χ0v) is 16.8. The molecule has 0 saturated carbocycles. The summed E-state index contributed by atoms with van der Waals surface area (Å²) in [4.78, 5) is 16.4. The molecule has 1 aromatic carbocycles. The van der Waals surface area contributed by atoms with Crippen LogP contribution in [0.2, 0.25) is 0 Å². The third-order valence-corrected chi connectivity index (χ3v) is 6.29. The molecule has 6 nitrogen and oxygen atoms in total. The Bertz CT molecular complexity index is 860. The highest BCUT2D eigenvalue weighted by Crippen LogP contribution is 2.37. The molecule has 1 amide bonds. The van der Waals surface area contributed by atoms with Crippen molar-refractivity contribution in [2.75, 3.05) is 26.7 Å². The summed E-state index contributed by atoms with van der Waals surface area (Å²) in [5, 5.41) is 18.5. The molecule has 1 N–H and O–H groups in total. The number of phenolic OH excluding ortho intramolecular Hbond substituents is 1. The Labute approximate surface area is 169 Å². The summed E-state index contributed by atoms with van der Waals surface area (Å²) in [6, 6.07) is 9.13. The van der Waals surface area contributed by atoms with Gasteiger partial charge in [-0.3, -0.25) is 9.69 Å². The number of amides is 1. The first-order valence-electron chi connectivity index (χ1n) is 9.68. The number of ether oxygens (including phenoxy) is 1. The van der Waals surface area contributed by atoms with Crippen LogP contribution in [0.15, 0.2) is 40.8 Å². The van der Waals surface area contributed by atoms with Crippen molar-refractivity contribution in [1.82, 2.24) is 9.91 Å². The van der Waals surface area contributed by atoms with E-state index in [4.69, 9.17) is 9.84 Å². The van der Waals surface area contributed by atoms with Gasteiger partial charge in [0.2, 0.25) is 0 Å². The number of nitrogens with zero attached hydrogens (tertiary/aromatic N) is 3. The van der Waals surface area contributed by atoms with Crippen LogP contribution in [0.25, 0.3) is 0 Å². The minimum atomic E-state index is -0.216. The van der Waals surface area contributed by atoms with Gasteiger partial charge in [0.15, 0.2) is 11.5 Å². The number of hydrazone groups is 1. The van der Waals surface area contributed by atoms with Crippen molar-refractivity contribution in [3.8, 4) is 11.5 Å². The lowest BCUT2D eigenvalue weighted by atomic mass is 10.0. The molecule has 1 atom stereocenters. The zero-order valence-electron chi connectivity index (χ0n) is 16.0. The van der Waals surface area contributed by atoms with Gasteiger partial charge in [0.1, 0.15) is 0 Å². The molecular formula is C21H25N3O3S. The molecule has 3 heterocycles. The van der Waals surface area contributed by atoms with Crippen LogP contribution in [0.1, 0.15) is 42.2 Å². The highest BCUT2D eigenvalue weighted by Gasteiger charge is 2.34. The van der Waals surface area contributed by atoms with Crippen LogP contribution < -0.4 is 4.74 Å². The van der Waals surface area contributed by atoms with Gasteiger partial charge in [-0.1, -0.05) is 18.6 Å². The van der Waals surface area contributed by atoms with E-state index in [1.807, 2.05) is 23.6 Å². The number of carbonyl (C=O) groups is 1. The Morgan fingerprint density at radius 1 is 1.29 bits per heavy atom. The van der Waals surface area contributed by atoms with Gasteiger partial charge in [0.25, 0.3) is 5.91 Å². The van der Waals surface area contributed by atoms with Crippen LogP contribution in [0.5, 0.6) is 11.5 Å². The van der Waals surface area contributed by atoms with Gasteiger partial charge in [-0.15, -0.1) is 11.3 Å². The Hall–Kier alpha value is -2.38. The normalized spacial score (nSPS) is 20.2. The smallest absolute Gasteiger partial charge is 0.257 e. The summed E-state index contributed by atoms with van der Waals surface area (Å²) in [5.41, 5.74) is 1.78. The second-order valence-corrected chi connectivity index (χ2v) is 8.20. The minimum Gasteiger partial charge on any atom is -0.504 e. The fraction of sp³-hybridized carbons (Fsp3) is 0.429. The summed E-state index contributed by atoms with van der Waals surface area (Å²) >= 11 is 1.63. The monoisotopic (exact) mass is 399 g/mol. The molecule has 0 aliphatic carbocycles. The number of likely N-dealkylation sites (tertiary alicyclic amines) is 1. The molecule has 0 radical (unpaired) electrons. The van der Waals surface area contributed by atoms with Crippen molar-refractivity contribution in [2.24, 2.45) is 5.10 Å². The number of methoxy groups -OCH3 is 1. The zero-order chi connectivity index (χ0) is 19.5. The van der Waals surface area contributed by atoms with Crippen LogP contribution >= 0.6 is 11.3 Å². The van der Waals surface area contributed by atoms with E-state index in [0.29, 0.717) is 18.7 Å². The molecule has 28 heavy (non-hydrogen) atoms. The van der Waals surface area contributed by atoms with Crippen LogP contribution in [0, 0.1) is 0 Å². The van der Waals surface area contributed by atoms with Gasteiger partial charge in [0.05, 0.1) is 30.3 Å².